The normalized spacial score (nSPS) is 14.6. The average molecular weight is 247 g/mol. The number of nitrogens with one attached hydrogen (secondary N) is 1. The Kier molecular flexibility index (Phi) is 4.98. The summed E-state index contributed by atoms with van der Waals surface area (Å²) >= 11 is 0. The van der Waals surface area contributed by atoms with Crippen molar-refractivity contribution >= 4 is 0 Å². The lowest BCUT2D eigenvalue weighted by Gasteiger charge is -2.22. The van der Waals surface area contributed by atoms with E-state index >= 15 is 0 Å². The molecule has 0 aliphatic rings. The van der Waals surface area contributed by atoms with Crippen LogP contribution in [-0.4, -0.2) is 15.8 Å². The third-order valence-electron chi connectivity index (χ3n) is 3.45. The van der Waals surface area contributed by atoms with E-state index in [4.69, 9.17) is 6.42 Å². The highest BCUT2D eigenvalue weighted by Crippen LogP contribution is 2.22. The molecular formula is C15H25N3. The number of rotatable bonds is 5. The molecule has 0 radical (unpaired) electrons. The fourth-order valence-electron chi connectivity index (χ4n) is 2.43. The third-order valence-corrected chi connectivity index (χ3v) is 3.45. The van der Waals surface area contributed by atoms with E-state index < -0.39 is 0 Å². The van der Waals surface area contributed by atoms with E-state index in [0.717, 1.165) is 12.2 Å². The Hall–Kier alpha value is -1.27. The van der Waals surface area contributed by atoms with Crippen LogP contribution < -0.4 is 5.32 Å². The maximum absolute atomic E-state index is 5.57. The summed E-state index contributed by atoms with van der Waals surface area (Å²) in [7, 11) is 0. The Morgan fingerprint density at radius 3 is 2.33 bits per heavy atom. The molecule has 1 N–H and O–H groups in total. The average Bonchev–Trinajstić information content (AvgIpc) is 2.60. The van der Waals surface area contributed by atoms with Gasteiger partial charge in [-0.15, -0.1) is 6.42 Å². The number of aromatic nitrogens is 2. The molecule has 3 heteroatoms. The zero-order chi connectivity index (χ0) is 13.9. The lowest BCUT2D eigenvalue weighted by molar-refractivity contribution is 0.429. The molecule has 0 spiro atoms. The van der Waals surface area contributed by atoms with Crippen molar-refractivity contribution in [1.82, 2.24) is 15.1 Å². The predicted octanol–water partition coefficient (Wildman–Crippen LogP) is 2.83. The molecule has 100 valence electrons. The smallest absolute Gasteiger partial charge is 0.0714 e. The number of hydrogen-bond donors (Lipinski definition) is 1. The zero-order valence-corrected chi connectivity index (χ0v) is 12.4. The Labute approximate surface area is 111 Å². The Balaban J connectivity index is 2.94. The van der Waals surface area contributed by atoms with Crippen LogP contribution in [0.25, 0.3) is 0 Å². The van der Waals surface area contributed by atoms with Gasteiger partial charge in [-0.05, 0) is 33.6 Å². The van der Waals surface area contributed by atoms with Crippen LogP contribution in [0.2, 0.25) is 0 Å². The summed E-state index contributed by atoms with van der Waals surface area (Å²) in [6, 6.07) is 0.331. The first kappa shape index (κ1) is 14.8. The van der Waals surface area contributed by atoms with E-state index in [1.54, 1.807) is 0 Å². The molecule has 1 aromatic rings. The molecular weight excluding hydrogens is 222 g/mol. The van der Waals surface area contributed by atoms with Crippen LogP contribution in [0.5, 0.6) is 0 Å². The second-order valence-electron chi connectivity index (χ2n) is 5.18. The van der Waals surface area contributed by atoms with E-state index in [0.29, 0.717) is 5.92 Å². The first-order valence-corrected chi connectivity index (χ1v) is 6.68. The number of hydrogen-bond acceptors (Lipinski definition) is 2. The molecule has 0 aliphatic carbocycles. The van der Waals surface area contributed by atoms with Gasteiger partial charge in [-0.1, -0.05) is 19.8 Å². The molecule has 1 rings (SSSR count). The van der Waals surface area contributed by atoms with Crippen molar-refractivity contribution in [3.8, 4) is 12.3 Å². The van der Waals surface area contributed by atoms with Crippen molar-refractivity contribution in [3.63, 3.8) is 0 Å². The quantitative estimate of drug-likeness (QED) is 0.811. The van der Waals surface area contributed by atoms with E-state index in [1.807, 2.05) is 4.68 Å². The molecule has 0 aromatic carbocycles. The molecule has 1 aromatic heterocycles. The summed E-state index contributed by atoms with van der Waals surface area (Å²) in [6.07, 6.45) is 5.57. The summed E-state index contributed by atoms with van der Waals surface area (Å²) in [4.78, 5) is 0. The third kappa shape index (κ3) is 2.94. The predicted molar refractivity (Wildman–Crippen MR) is 76.4 cm³/mol. The Bertz CT molecular complexity index is 437. The molecule has 2 unspecified atom stereocenters. The molecule has 0 bridgehead atoms. The maximum atomic E-state index is 5.57. The van der Waals surface area contributed by atoms with Crippen molar-refractivity contribution < 1.29 is 0 Å². The van der Waals surface area contributed by atoms with Crippen LogP contribution in [0.1, 0.15) is 50.7 Å². The molecule has 2 atom stereocenters. The molecule has 3 nitrogen and oxygen atoms in total. The van der Waals surface area contributed by atoms with Gasteiger partial charge < -0.3 is 0 Å². The van der Waals surface area contributed by atoms with E-state index in [2.05, 4.69) is 57.9 Å². The number of aryl methyl sites for hydroxylation is 2. The number of nitrogens with zero attached hydrogens (tertiary/aromatic N) is 2. The highest BCUT2D eigenvalue weighted by molar-refractivity contribution is 5.28. The van der Waals surface area contributed by atoms with E-state index in [1.165, 1.54) is 11.3 Å². The van der Waals surface area contributed by atoms with Crippen molar-refractivity contribution in [3.05, 3.63) is 17.0 Å². The van der Waals surface area contributed by atoms with Gasteiger partial charge in [-0.3, -0.25) is 10.00 Å². The van der Waals surface area contributed by atoms with E-state index in [9.17, 15) is 0 Å². The molecule has 0 aliphatic heterocycles. The van der Waals surface area contributed by atoms with Gasteiger partial charge in [-0.25, -0.2) is 0 Å². The minimum atomic E-state index is 0.101. The van der Waals surface area contributed by atoms with Crippen LogP contribution in [0.4, 0.5) is 0 Å². The summed E-state index contributed by atoms with van der Waals surface area (Å²) in [5.74, 6) is 3.25. The van der Waals surface area contributed by atoms with Gasteiger partial charge in [0.25, 0.3) is 0 Å². The first-order chi connectivity index (χ1) is 8.42. The summed E-state index contributed by atoms with van der Waals surface area (Å²) in [5, 5.41) is 8.06. The van der Waals surface area contributed by atoms with Gasteiger partial charge in [-0.2, -0.15) is 5.10 Å². The van der Waals surface area contributed by atoms with Crippen LogP contribution in [-0.2, 0) is 6.54 Å². The van der Waals surface area contributed by atoms with Gasteiger partial charge in [0.15, 0.2) is 0 Å². The zero-order valence-electron chi connectivity index (χ0n) is 12.4. The van der Waals surface area contributed by atoms with Crippen LogP contribution >= 0.6 is 0 Å². The van der Waals surface area contributed by atoms with Gasteiger partial charge >= 0.3 is 0 Å². The molecule has 0 amide bonds. The van der Waals surface area contributed by atoms with Crippen LogP contribution in [0.3, 0.4) is 0 Å². The summed E-state index contributed by atoms with van der Waals surface area (Å²) in [6.45, 7) is 13.6. The maximum Gasteiger partial charge on any atom is 0.0714 e. The van der Waals surface area contributed by atoms with Gasteiger partial charge in [0.05, 0.1) is 11.7 Å². The largest absolute Gasteiger partial charge is 0.297 e. The van der Waals surface area contributed by atoms with Crippen molar-refractivity contribution in [2.24, 2.45) is 5.92 Å². The highest BCUT2D eigenvalue weighted by Gasteiger charge is 2.20. The molecule has 1 heterocycles. The first-order valence-electron chi connectivity index (χ1n) is 6.68. The molecule has 0 saturated heterocycles. The van der Waals surface area contributed by atoms with Gasteiger partial charge in [0, 0.05) is 23.8 Å². The lowest BCUT2D eigenvalue weighted by Crippen LogP contribution is -2.34. The summed E-state index contributed by atoms with van der Waals surface area (Å²) < 4.78 is 2.04. The number of terminal acetylenes is 1. The fourth-order valence-corrected chi connectivity index (χ4v) is 2.43. The second kappa shape index (κ2) is 6.06. The van der Waals surface area contributed by atoms with Gasteiger partial charge in [0.1, 0.15) is 0 Å². The minimum Gasteiger partial charge on any atom is -0.297 e. The standard InChI is InChI=1S/C15H25N3/c1-8-14(10(3)4)16-11(5)15-12(6)17-18(9-2)13(15)7/h1,10-11,14,16H,9H2,2-7H3. The minimum absolute atomic E-state index is 0.101. The van der Waals surface area contributed by atoms with Crippen molar-refractivity contribution in [2.45, 2.75) is 60.2 Å². The second-order valence-corrected chi connectivity index (χ2v) is 5.18. The van der Waals surface area contributed by atoms with Gasteiger partial charge in [0.2, 0.25) is 0 Å². The van der Waals surface area contributed by atoms with Crippen LogP contribution in [0, 0.1) is 32.1 Å². The Morgan fingerprint density at radius 1 is 1.33 bits per heavy atom. The van der Waals surface area contributed by atoms with Crippen molar-refractivity contribution in [1.29, 1.82) is 0 Å². The fraction of sp³-hybridized carbons (Fsp3) is 0.667. The molecule has 0 saturated carbocycles. The molecule has 0 fully saturated rings. The topological polar surface area (TPSA) is 29.9 Å². The van der Waals surface area contributed by atoms with E-state index in [-0.39, 0.29) is 12.1 Å². The monoisotopic (exact) mass is 247 g/mol. The SMILES string of the molecule is C#CC(NC(C)c1c(C)nn(CC)c1C)C(C)C. The lowest BCUT2D eigenvalue weighted by atomic mass is 10.0. The highest BCUT2D eigenvalue weighted by atomic mass is 15.3. The summed E-state index contributed by atoms with van der Waals surface area (Å²) in [5.41, 5.74) is 3.60. The van der Waals surface area contributed by atoms with Crippen molar-refractivity contribution in [2.75, 3.05) is 0 Å². The molecule has 18 heavy (non-hydrogen) atoms. The Morgan fingerprint density at radius 2 is 1.94 bits per heavy atom. The van der Waals surface area contributed by atoms with Crippen LogP contribution in [0.15, 0.2) is 0 Å².